The molecule has 1 aliphatic rings. The average molecular weight is 231 g/mol. The lowest BCUT2D eigenvalue weighted by Gasteiger charge is -2.29. The van der Waals surface area contributed by atoms with Crippen LogP contribution in [0.15, 0.2) is 40.4 Å². The van der Waals surface area contributed by atoms with Crippen molar-refractivity contribution >= 4 is 5.71 Å². The van der Waals surface area contributed by atoms with Crippen LogP contribution in [0.4, 0.5) is 0 Å². The fourth-order valence-corrected chi connectivity index (χ4v) is 1.96. The fourth-order valence-electron chi connectivity index (χ4n) is 1.96. The summed E-state index contributed by atoms with van der Waals surface area (Å²) < 4.78 is 0. The smallest absolute Gasteiger partial charge is 0.0579 e. The summed E-state index contributed by atoms with van der Waals surface area (Å²) in [6, 6.07) is 0. The monoisotopic (exact) mass is 231 g/mol. The molecule has 0 aromatic rings. The van der Waals surface area contributed by atoms with Gasteiger partial charge in [-0.1, -0.05) is 45.9 Å². The Balaban J connectivity index is 3.26. The molecule has 0 atom stereocenters. The molecular formula is C16H25N. The first-order valence-corrected chi connectivity index (χ1v) is 6.36. The van der Waals surface area contributed by atoms with Crippen LogP contribution in [0.25, 0.3) is 0 Å². The topological polar surface area (TPSA) is 12.4 Å². The molecule has 0 saturated heterocycles. The molecule has 0 saturated carbocycles. The quantitative estimate of drug-likeness (QED) is 0.631. The Labute approximate surface area is 106 Å². The van der Waals surface area contributed by atoms with Gasteiger partial charge in [0.15, 0.2) is 0 Å². The van der Waals surface area contributed by atoms with E-state index in [1.54, 1.807) is 0 Å². The third-order valence-electron chi connectivity index (χ3n) is 3.72. The molecule has 0 unspecified atom stereocenters. The van der Waals surface area contributed by atoms with Gasteiger partial charge in [0.05, 0.1) is 6.54 Å². The molecular weight excluding hydrogens is 206 g/mol. The van der Waals surface area contributed by atoms with Crippen LogP contribution in [0.3, 0.4) is 0 Å². The third kappa shape index (κ3) is 2.96. The van der Waals surface area contributed by atoms with Gasteiger partial charge in [-0.25, -0.2) is 0 Å². The van der Waals surface area contributed by atoms with E-state index >= 15 is 0 Å². The maximum absolute atomic E-state index is 4.63. The van der Waals surface area contributed by atoms with Crippen LogP contribution in [-0.2, 0) is 0 Å². The molecule has 1 heteroatoms. The Hall–Kier alpha value is -1.11. The number of aliphatic imine (C=N–C) groups is 1. The van der Waals surface area contributed by atoms with Gasteiger partial charge in [-0.2, -0.15) is 0 Å². The van der Waals surface area contributed by atoms with Gasteiger partial charge in [0.2, 0.25) is 0 Å². The second-order valence-electron chi connectivity index (χ2n) is 5.77. The van der Waals surface area contributed by atoms with Crippen LogP contribution in [0, 0.1) is 11.3 Å². The highest BCUT2D eigenvalue weighted by atomic mass is 14.7. The number of allylic oxidation sites excluding steroid dienone is 4. The lowest BCUT2D eigenvalue weighted by atomic mass is 9.75. The molecule has 0 aromatic heterocycles. The molecule has 0 spiro atoms. The highest BCUT2D eigenvalue weighted by Gasteiger charge is 2.26. The van der Waals surface area contributed by atoms with Gasteiger partial charge in [0, 0.05) is 11.1 Å². The van der Waals surface area contributed by atoms with E-state index in [1.165, 1.54) is 22.4 Å². The van der Waals surface area contributed by atoms with E-state index in [2.05, 4.69) is 65.3 Å². The van der Waals surface area contributed by atoms with Gasteiger partial charge in [0.25, 0.3) is 0 Å². The van der Waals surface area contributed by atoms with Crippen LogP contribution in [0.5, 0.6) is 0 Å². The van der Waals surface area contributed by atoms with E-state index in [-0.39, 0.29) is 5.41 Å². The van der Waals surface area contributed by atoms with Gasteiger partial charge in [-0.05, 0) is 37.0 Å². The van der Waals surface area contributed by atoms with Crippen LogP contribution in [-0.4, -0.2) is 12.3 Å². The fraction of sp³-hybridized carbons (Fsp3) is 0.562. The zero-order valence-corrected chi connectivity index (χ0v) is 12.1. The highest BCUT2D eigenvalue weighted by molar-refractivity contribution is 5.98. The van der Waals surface area contributed by atoms with E-state index in [1.807, 2.05) is 0 Å². The number of hydrogen-bond acceptors (Lipinski definition) is 1. The molecule has 0 amide bonds. The average Bonchev–Trinajstić information content (AvgIpc) is 2.40. The standard InChI is InChI=1S/C16H25N/c1-11(2)15-10-14(13(5)8-9-17-15)16(6,7)12(3)4/h8,10-11H,3,9H2,1-2,4-7H3. The van der Waals surface area contributed by atoms with Gasteiger partial charge in [0.1, 0.15) is 0 Å². The molecule has 0 aliphatic carbocycles. The summed E-state index contributed by atoms with van der Waals surface area (Å²) in [4.78, 5) is 4.63. The van der Waals surface area contributed by atoms with Gasteiger partial charge in [-0.3, -0.25) is 4.99 Å². The predicted octanol–water partition coefficient (Wildman–Crippen LogP) is 4.57. The first-order chi connectivity index (χ1) is 7.76. The zero-order chi connectivity index (χ0) is 13.2. The van der Waals surface area contributed by atoms with Crippen molar-refractivity contribution in [1.82, 2.24) is 0 Å². The van der Waals surface area contributed by atoms with E-state index in [9.17, 15) is 0 Å². The maximum atomic E-state index is 4.63. The van der Waals surface area contributed by atoms with Crippen molar-refractivity contribution in [3.05, 3.63) is 35.5 Å². The van der Waals surface area contributed by atoms with Gasteiger partial charge in [-0.15, -0.1) is 0 Å². The van der Waals surface area contributed by atoms with Crippen molar-refractivity contribution in [3.63, 3.8) is 0 Å². The molecule has 0 bridgehead atoms. The lowest BCUT2D eigenvalue weighted by molar-refractivity contribution is 0.547. The number of rotatable bonds is 3. The number of hydrogen-bond donors (Lipinski definition) is 0. The van der Waals surface area contributed by atoms with E-state index in [0.717, 1.165) is 6.54 Å². The van der Waals surface area contributed by atoms with Gasteiger partial charge >= 0.3 is 0 Å². The number of nitrogens with zero attached hydrogens (tertiary/aromatic N) is 1. The minimum atomic E-state index is 0.0145. The molecule has 0 N–H and O–H groups in total. The van der Waals surface area contributed by atoms with Crippen molar-refractivity contribution in [3.8, 4) is 0 Å². The second-order valence-corrected chi connectivity index (χ2v) is 5.77. The molecule has 1 aliphatic heterocycles. The SMILES string of the molecule is C=C(C)C(C)(C)C1=CC(C(C)C)=NCC=C1C. The normalized spacial score (nSPS) is 17.2. The molecule has 94 valence electrons. The Morgan fingerprint density at radius 3 is 2.47 bits per heavy atom. The Morgan fingerprint density at radius 1 is 1.41 bits per heavy atom. The summed E-state index contributed by atoms with van der Waals surface area (Å²) in [6.45, 7) is 18.1. The summed E-state index contributed by atoms with van der Waals surface area (Å²) in [5.41, 5.74) is 5.09. The van der Waals surface area contributed by atoms with Crippen molar-refractivity contribution < 1.29 is 0 Å². The first kappa shape index (κ1) is 14.0. The lowest BCUT2D eigenvalue weighted by Crippen LogP contribution is -2.18. The predicted molar refractivity (Wildman–Crippen MR) is 77.6 cm³/mol. The zero-order valence-electron chi connectivity index (χ0n) is 12.1. The highest BCUT2D eigenvalue weighted by Crippen LogP contribution is 2.38. The molecule has 17 heavy (non-hydrogen) atoms. The van der Waals surface area contributed by atoms with Crippen LogP contribution in [0.1, 0.15) is 41.5 Å². The third-order valence-corrected chi connectivity index (χ3v) is 3.72. The second kappa shape index (κ2) is 5.03. The Kier molecular flexibility index (Phi) is 4.13. The van der Waals surface area contributed by atoms with Crippen molar-refractivity contribution in [2.45, 2.75) is 41.5 Å². The van der Waals surface area contributed by atoms with Crippen molar-refractivity contribution in [2.24, 2.45) is 16.3 Å². The van der Waals surface area contributed by atoms with Crippen molar-refractivity contribution in [1.29, 1.82) is 0 Å². The van der Waals surface area contributed by atoms with E-state index in [4.69, 9.17) is 0 Å². The largest absolute Gasteiger partial charge is 0.285 e. The van der Waals surface area contributed by atoms with Crippen LogP contribution in [0.2, 0.25) is 0 Å². The molecule has 1 heterocycles. The Morgan fingerprint density at radius 2 is 2.00 bits per heavy atom. The molecule has 0 radical (unpaired) electrons. The molecule has 0 aromatic carbocycles. The molecule has 1 rings (SSSR count). The van der Waals surface area contributed by atoms with E-state index in [0.29, 0.717) is 5.92 Å². The summed E-state index contributed by atoms with van der Waals surface area (Å²) in [5, 5.41) is 0. The summed E-state index contributed by atoms with van der Waals surface area (Å²) in [7, 11) is 0. The summed E-state index contributed by atoms with van der Waals surface area (Å²) in [5.74, 6) is 0.477. The van der Waals surface area contributed by atoms with E-state index < -0.39 is 0 Å². The molecule has 1 nitrogen and oxygen atoms in total. The minimum Gasteiger partial charge on any atom is -0.285 e. The van der Waals surface area contributed by atoms with Crippen LogP contribution < -0.4 is 0 Å². The Bertz CT molecular complexity index is 403. The molecule has 0 fully saturated rings. The van der Waals surface area contributed by atoms with Crippen LogP contribution >= 0.6 is 0 Å². The van der Waals surface area contributed by atoms with Gasteiger partial charge < -0.3 is 0 Å². The summed E-state index contributed by atoms with van der Waals surface area (Å²) >= 11 is 0. The first-order valence-electron chi connectivity index (χ1n) is 6.36. The minimum absolute atomic E-state index is 0.0145. The van der Waals surface area contributed by atoms with Crippen molar-refractivity contribution in [2.75, 3.05) is 6.54 Å². The summed E-state index contributed by atoms with van der Waals surface area (Å²) in [6.07, 6.45) is 4.48. The maximum Gasteiger partial charge on any atom is 0.0579 e.